The molecule has 0 radical (unpaired) electrons. The summed E-state index contributed by atoms with van der Waals surface area (Å²) in [5.74, 6) is 0.605. The Morgan fingerprint density at radius 3 is 2.60 bits per heavy atom. The van der Waals surface area contributed by atoms with Gasteiger partial charge in [-0.25, -0.2) is 0 Å². The van der Waals surface area contributed by atoms with E-state index >= 15 is 0 Å². The molecule has 0 aromatic heterocycles. The summed E-state index contributed by atoms with van der Waals surface area (Å²) >= 11 is 0. The lowest BCUT2D eigenvalue weighted by Crippen LogP contribution is -2.46. The van der Waals surface area contributed by atoms with Crippen LogP contribution in [0.2, 0.25) is 0 Å². The number of ether oxygens (including phenoxy) is 1. The Kier molecular flexibility index (Phi) is 3.77. The van der Waals surface area contributed by atoms with Gasteiger partial charge in [-0.05, 0) is 32.7 Å². The molecule has 1 aliphatic rings. The Bertz CT molecular complexity index is 236. The van der Waals surface area contributed by atoms with Gasteiger partial charge in [0.05, 0.1) is 13.0 Å². The fraction of sp³-hybridized carbons (Fsp3) is 0.917. The summed E-state index contributed by atoms with van der Waals surface area (Å²) in [5, 5.41) is 0. The zero-order chi connectivity index (χ0) is 11.6. The van der Waals surface area contributed by atoms with E-state index in [1.165, 1.54) is 7.11 Å². The minimum Gasteiger partial charge on any atom is -0.469 e. The Hall–Kier alpha value is -0.570. The molecule has 0 aromatic carbocycles. The van der Waals surface area contributed by atoms with Crippen molar-refractivity contribution in [1.82, 2.24) is 4.90 Å². The number of nitrogens with zero attached hydrogens (tertiary/aromatic N) is 1. The monoisotopic (exact) mass is 213 g/mol. The van der Waals surface area contributed by atoms with Crippen LogP contribution in [0.25, 0.3) is 0 Å². The highest BCUT2D eigenvalue weighted by molar-refractivity contribution is 5.74. The van der Waals surface area contributed by atoms with E-state index in [1.54, 1.807) is 0 Å². The first-order chi connectivity index (χ1) is 6.89. The number of rotatable bonds is 3. The molecule has 3 nitrogen and oxygen atoms in total. The maximum atomic E-state index is 11.6. The maximum Gasteiger partial charge on any atom is 0.310 e. The first-order valence-corrected chi connectivity index (χ1v) is 5.72. The molecule has 1 heterocycles. The molecule has 0 N–H and O–H groups in total. The summed E-state index contributed by atoms with van der Waals surface area (Å²) in [7, 11) is 1.48. The predicted octanol–water partition coefficient (Wildman–Crippen LogP) is 1.92. The molecular formula is C12H23NO2. The van der Waals surface area contributed by atoms with E-state index in [0.29, 0.717) is 5.92 Å². The molecule has 3 heteroatoms. The molecule has 88 valence electrons. The number of likely N-dealkylation sites (tertiary alicyclic amines) is 1. The van der Waals surface area contributed by atoms with Crippen molar-refractivity contribution in [3.63, 3.8) is 0 Å². The summed E-state index contributed by atoms with van der Waals surface area (Å²) in [6.07, 6.45) is 0.923. The highest BCUT2D eigenvalue weighted by Gasteiger charge is 2.45. The van der Waals surface area contributed by atoms with Crippen LogP contribution in [0.1, 0.15) is 34.1 Å². The first-order valence-electron chi connectivity index (χ1n) is 5.72. The molecule has 1 saturated heterocycles. The van der Waals surface area contributed by atoms with Gasteiger partial charge in [-0.15, -0.1) is 0 Å². The topological polar surface area (TPSA) is 29.5 Å². The van der Waals surface area contributed by atoms with Gasteiger partial charge in [-0.3, -0.25) is 9.69 Å². The summed E-state index contributed by atoms with van der Waals surface area (Å²) in [6.45, 7) is 10.8. The van der Waals surface area contributed by atoms with E-state index in [4.69, 9.17) is 4.74 Å². The van der Waals surface area contributed by atoms with E-state index in [1.807, 2.05) is 0 Å². The Morgan fingerprint density at radius 1 is 1.53 bits per heavy atom. The van der Waals surface area contributed by atoms with E-state index in [-0.39, 0.29) is 17.4 Å². The normalized spacial score (nSPS) is 25.9. The molecule has 1 aliphatic heterocycles. The Balaban J connectivity index is 2.71. The van der Waals surface area contributed by atoms with Gasteiger partial charge in [-0.2, -0.15) is 0 Å². The first kappa shape index (κ1) is 12.5. The van der Waals surface area contributed by atoms with Gasteiger partial charge in [0.25, 0.3) is 0 Å². The number of hydrogen-bond donors (Lipinski definition) is 0. The van der Waals surface area contributed by atoms with Crippen molar-refractivity contribution in [1.29, 1.82) is 0 Å². The Morgan fingerprint density at radius 2 is 2.13 bits per heavy atom. The van der Waals surface area contributed by atoms with Gasteiger partial charge in [0.1, 0.15) is 0 Å². The second-order valence-electron chi connectivity index (χ2n) is 5.36. The third kappa shape index (κ3) is 2.51. The molecule has 0 spiro atoms. The second kappa shape index (κ2) is 4.52. The van der Waals surface area contributed by atoms with E-state index < -0.39 is 0 Å². The van der Waals surface area contributed by atoms with Crippen molar-refractivity contribution < 1.29 is 9.53 Å². The molecule has 15 heavy (non-hydrogen) atoms. The Labute approximate surface area is 92.8 Å². The average molecular weight is 213 g/mol. The number of hydrogen-bond acceptors (Lipinski definition) is 3. The van der Waals surface area contributed by atoms with Crippen LogP contribution < -0.4 is 0 Å². The third-order valence-electron chi connectivity index (χ3n) is 3.43. The minimum absolute atomic E-state index is 0.0289. The second-order valence-corrected chi connectivity index (χ2v) is 5.36. The molecule has 0 aromatic rings. The summed E-state index contributed by atoms with van der Waals surface area (Å²) < 4.78 is 4.86. The largest absolute Gasteiger partial charge is 0.469 e. The van der Waals surface area contributed by atoms with E-state index in [0.717, 1.165) is 19.5 Å². The van der Waals surface area contributed by atoms with Crippen LogP contribution in [-0.2, 0) is 9.53 Å². The predicted molar refractivity (Wildman–Crippen MR) is 60.6 cm³/mol. The van der Waals surface area contributed by atoms with Crippen LogP contribution in [0, 0.1) is 11.8 Å². The smallest absolute Gasteiger partial charge is 0.310 e. The third-order valence-corrected chi connectivity index (χ3v) is 3.43. The molecule has 1 unspecified atom stereocenters. The van der Waals surface area contributed by atoms with Gasteiger partial charge in [0, 0.05) is 12.1 Å². The molecule has 1 fully saturated rings. The van der Waals surface area contributed by atoms with Crippen LogP contribution in [0.5, 0.6) is 0 Å². The van der Waals surface area contributed by atoms with Gasteiger partial charge in [0.2, 0.25) is 0 Å². The van der Waals surface area contributed by atoms with Gasteiger partial charge in [-0.1, -0.05) is 13.8 Å². The number of esters is 1. The van der Waals surface area contributed by atoms with Gasteiger partial charge >= 0.3 is 5.97 Å². The number of carbonyl (C=O) groups is 1. The van der Waals surface area contributed by atoms with Gasteiger partial charge < -0.3 is 4.74 Å². The van der Waals surface area contributed by atoms with Gasteiger partial charge in [0.15, 0.2) is 0 Å². The molecule has 0 bridgehead atoms. The van der Waals surface area contributed by atoms with Crippen LogP contribution in [-0.4, -0.2) is 36.6 Å². The average Bonchev–Trinajstić information content (AvgIpc) is 2.41. The molecule has 1 rings (SSSR count). The quantitative estimate of drug-likeness (QED) is 0.671. The fourth-order valence-electron chi connectivity index (χ4n) is 2.46. The number of methoxy groups -OCH3 is 1. The molecule has 1 atom stereocenters. The van der Waals surface area contributed by atoms with Crippen molar-refractivity contribution in [3.8, 4) is 0 Å². The lowest BCUT2D eigenvalue weighted by Gasteiger charge is -2.35. The van der Waals surface area contributed by atoms with Crippen LogP contribution in [0.3, 0.4) is 0 Å². The SMILES string of the molecule is COC(=O)C1CCN(CC(C)C)C1(C)C. The van der Waals surface area contributed by atoms with Crippen molar-refractivity contribution >= 4 is 5.97 Å². The summed E-state index contributed by atoms with van der Waals surface area (Å²) in [5.41, 5.74) is -0.0582. The maximum absolute atomic E-state index is 11.6. The van der Waals surface area contributed by atoms with Crippen molar-refractivity contribution in [2.45, 2.75) is 39.7 Å². The fourth-order valence-corrected chi connectivity index (χ4v) is 2.46. The van der Waals surface area contributed by atoms with E-state index in [9.17, 15) is 4.79 Å². The lowest BCUT2D eigenvalue weighted by molar-refractivity contribution is -0.148. The molecule has 0 aliphatic carbocycles. The highest BCUT2D eigenvalue weighted by Crippen LogP contribution is 2.35. The van der Waals surface area contributed by atoms with E-state index in [2.05, 4.69) is 32.6 Å². The van der Waals surface area contributed by atoms with Crippen LogP contribution >= 0.6 is 0 Å². The zero-order valence-corrected chi connectivity index (χ0v) is 10.5. The van der Waals surface area contributed by atoms with Crippen molar-refractivity contribution in [2.24, 2.45) is 11.8 Å². The molecular weight excluding hydrogens is 190 g/mol. The van der Waals surface area contributed by atoms with Crippen molar-refractivity contribution in [3.05, 3.63) is 0 Å². The summed E-state index contributed by atoms with van der Waals surface area (Å²) in [4.78, 5) is 14.0. The lowest BCUT2D eigenvalue weighted by atomic mass is 9.88. The highest BCUT2D eigenvalue weighted by atomic mass is 16.5. The zero-order valence-electron chi connectivity index (χ0n) is 10.5. The summed E-state index contributed by atoms with van der Waals surface area (Å²) in [6, 6.07) is 0. The van der Waals surface area contributed by atoms with Crippen LogP contribution in [0.15, 0.2) is 0 Å². The minimum atomic E-state index is -0.0637. The molecule has 0 amide bonds. The number of carbonyl (C=O) groups excluding carboxylic acids is 1. The van der Waals surface area contributed by atoms with Crippen LogP contribution in [0.4, 0.5) is 0 Å². The molecule has 0 saturated carbocycles. The standard InChI is InChI=1S/C12H23NO2/c1-9(2)8-13-7-6-10(11(14)15-5)12(13,3)4/h9-10H,6-8H2,1-5H3. The van der Waals surface area contributed by atoms with Crippen molar-refractivity contribution in [2.75, 3.05) is 20.2 Å².